The zero-order chi connectivity index (χ0) is 15.3. The van der Waals surface area contributed by atoms with Crippen LogP contribution in [0.15, 0.2) is 22.7 Å². The zero-order valence-corrected chi connectivity index (χ0v) is 14.8. The predicted molar refractivity (Wildman–Crippen MR) is 88.4 cm³/mol. The van der Waals surface area contributed by atoms with Gasteiger partial charge in [0.2, 0.25) is 0 Å². The van der Waals surface area contributed by atoms with Crippen molar-refractivity contribution >= 4 is 33.4 Å². The third-order valence-electron chi connectivity index (χ3n) is 3.15. The van der Waals surface area contributed by atoms with E-state index in [0.717, 1.165) is 10.9 Å². The molecule has 20 heavy (non-hydrogen) atoms. The molecule has 0 heterocycles. The maximum atomic E-state index is 12.1. The molecule has 1 aromatic rings. The molecule has 0 saturated carbocycles. The summed E-state index contributed by atoms with van der Waals surface area (Å²) < 4.78 is 0.793. The largest absolute Gasteiger partial charge is 0.350 e. The molecule has 5 heteroatoms. The summed E-state index contributed by atoms with van der Waals surface area (Å²) >= 11 is 9.32. The third-order valence-corrected chi connectivity index (χ3v) is 4.39. The summed E-state index contributed by atoms with van der Waals surface area (Å²) in [7, 11) is 4.07. The fraction of sp³-hybridized carbons (Fsp3) is 0.533. The highest BCUT2D eigenvalue weighted by Crippen LogP contribution is 2.23. The molecule has 1 aromatic carbocycles. The van der Waals surface area contributed by atoms with E-state index in [1.54, 1.807) is 18.2 Å². The number of benzene rings is 1. The standard InChI is InChI=1S/C15H22BrClN2O/c1-10(2)7-12(19(3)4)9-18-15(20)11-5-6-13(16)14(17)8-11/h5-6,8,10,12H,7,9H2,1-4H3,(H,18,20). The van der Waals surface area contributed by atoms with Crippen molar-refractivity contribution in [3.63, 3.8) is 0 Å². The quantitative estimate of drug-likeness (QED) is 0.835. The molecule has 112 valence electrons. The molecule has 0 bridgehead atoms. The van der Waals surface area contributed by atoms with Crippen LogP contribution in [-0.2, 0) is 0 Å². The van der Waals surface area contributed by atoms with E-state index in [1.807, 2.05) is 14.1 Å². The van der Waals surface area contributed by atoms with E-state index in [1.165, 1.54) is 0 Å². The van der Waals surface area contributed by atoms with Crippen molar-refractivity contribution in [3.8, 4) is 0 Å². The van der Waals surface area contributed by atoms with Crippen molar-refractivity contribution < 1.29 is 4.79 Å². The number of likely N-dealkylation sites (N-methyl/N-ethyl adjacent to an activating group) is 1. The number of amides is 1. The highest BCUT2D eigenvalue weighted by molar-refractivity contribution is 9.10. The van der Waals surface area contributed by atoms with Gasteiger partial charge < -0.3 is 10.2 Å². The Morgan fingerprint density at radius 1 is 1.40 bits per heavy atom. The zero-order valence-electron chi connectivity index (χ0n) is 12.4. The van der Waals surface area contributed by atoms with Crippen LogP contribution in [0.3, 0.4) is 0 Å². The predicted octanol–water partition coefficient (Wildman–Crippen LogP) is 3.81. The Bertz CT molecular complexity index is 463. The van der Waals surface area contributed by atoms with Crippen molar-refractivity contribution in [1.29, 1.82) is 0 Å². The van der Waals surface area contributed by atoms with Gasteiger partial charge in [0.1, 0.15) is 0 Å². The first-order valence-electron chi connectivity index (χ1n) is 6.71. The molecule has 0 saturated heterocycles. The molecule has 1 unspecified atom stereocenters. The Hall–Kier alpha value is -0.580. The van der Waals surface area contributed by atoms with Gasteiger partial charge in [-0.1, -0.05) is 25.4 Å². The minimum absolute atomic E-state index is 0.0880. The summed E-state index contributed by atoms with van der Waals surface area (Å²) in [5.41, 5.74) is 0.584. The van der Waals surface area contributed by atoms with Crippen molar-refractivity contribution in [2.75, 3.05) is 20.6 Å². The van der Waals surface area contributed by atoms with E-state index < -0.39 is 0 Å². The topological polar surface area (TPSA) is 32.3 Å². The van der Waals surface area contributed by atoms with E-state index in [2.05, 4.69) is 40.0 Å². The summed E-state index contributed by atoms with van der Waals surface area (Å²) in [4.78, 5) is 14.3. The maximum absolute atomic E-state index is 12.1. The molecule has 0 spiro atoms. The highest BCUT2D eigenvalue weighted by Gasteiger charge is 2.15. The van der Waals surface area contributed by atoms with Gasteiger partial charge in [0.05, 0.1) is 5.02 Å². The van der Waals surface area contributed by atoms with Crippen molar-refractivity contribution in [1.82, 2.24) is 10.2 Å². The van der Waals surface area contributed by atoms with Crippen LogP contribution in [0.2, 0.25) is 5.02 Å². The molecule has 0 aliphatic heterocycles. The summed E-state index contributed by atoms with van der Waals surface area (Å²) in [6.45, 7) is 5.01. The van der Waals surface area contributed by atoms with Gasteiger partial charge in [-0.15, -0.1) is 0 Å². The van der Waals surface area contributed by atoms with E-state index in [9.17, 15) is 4.79 Å². The Morgan fingerprint density at radius 2 is 2.05 bits per heavy atom. The average molecular weight is 362 g/mol. The van der Waals surface area contributed by atoms with E-state index >= 15 is 0 Å². The fourth-order valence-electron chi connectivity index (χ4n) is 1.97. The normalized spacial score (nSPS) is 12.8. The molecular weight excluding hydrogens is 340 g/mol. The first-order valence-corrected chi connectivity index (χ1v) is 7.88. The Morgan fingerprint density at radius 3 is 2.55 bits per heavy atom. The molecule has 0 fully saturated rings. The molecule has 1 atom stereocenters. The molecule has 3 nitrogen and oxygen atoms in total. The number of hydrogen-bond acceptors (Lipinski definition) is 2. The molecule has 0 aliphatic carbocycles. The summed E-state index contributed by atoms with van der Waals surface area (Å²) in [5, 5.41) is 3.52. The number of halogens is 2. The molecule has 1 rings (SSSR count). The van der Waals surface area contributed by atoms with Crippen molar-refractivity contribution in [2.45, 2.75) is 26.3 Å². The van der Waals surface area contributed by atoms with Gasteiger partial charge in [0.25, 0.3) is 5.91 Å². The lowest BCUT2D eigenvalue weighted by Crippen LogP contribution is -2.41. The summed E-state index contributed by atoms with van der Waals surface area (Å²) in [5.74, 6) is 0.511. The average Bonchev–Trinajstić information content (AvgIpc) is 2.36. The van der Waals surface area contributed by atoms with Crippen LogP contribution in [-0.4, -0.2) is 37.5 Å². The monoisotopic (exact) mass is 360 g/mol. The van der Waals surface area contributed by atoms with Gasteiger partial charge in [-0.25, -0.2) is 0 Å². The Kier molecular flexibility index (Phi) is 7.00. The number of nitrogens with zero attached hydrogens (tertiary/aromatic N) is 1. The smallest absolute Gasteiger partial charge is 0.251 e. The van der Waals surface area contributed by atoms with Crippen LogP contribution in [0, 0.1) is 5.92 Å². The van der Waals surface area contributed by atoms with Crippen LogP contribution in [0.1, 0.15) is 30.6 Å². The Labute approximate surface area is 134 Å². The SMILES string of the molecule is CC(C)CC(CNC(=O)c1ccc(Br)c(Cl)c1)N(C)C. The molecule has 0 radical (unpaired) electrons. The van der Waals surface area contributed by atoms with Crippen LogP contribution < -0.4 is 5.32 Å². The lowest BCUT2D eigenvalue weighted by atomic mass is 10.0. The first kappa shape index (κ1) is 17.5. The fourth-order valence-corrected chi connectivity index (χ4v) is 2.40. The second-order valence-electron chi connectivity index (χ2n) is 5.59. The minimum atomic E-state index is -0.0880. The minimum Gasteiger partial charge on any atom is -0.350 e. The van der Waals surface area contributed by atoms with Crippen molar-refractivity contribution in [2.24, 2.45) is 5.92 Å². The van der Waals surface area contributed by atoms with E-state index in [4.69, 9.17) is 11.6 Å². The Balaban J connectivity index is 2.63. The molecule has 0 aromatic heterocycles. The van der Waals surface area contributed by atoms with E-state index in [-0.39, 0.29) is 5.91 Å². The van der Waals surface area contributed by atoms with Crippen LogP contribution in [0.25, 0.3) is 0 Å². The van der Waals surface area contributed by atoms with Crippen LogP contribution >= 0.6 is 27.5 Å². The van der Waals surface area contributed by atoms with Gasteiger partial charge >= 0.3 is 0 Å². The molecule has 1 amide bonds. The second-order valence-corrected chi connectivity index (χ2v) is 6.85. The molecule has 1 N–H and O–H groups in total. The van der Waals surface area contributed by atoms with Crippen LogP contribution in [0.4, 0.5) is 0 Å². The lowest BCUT2D eigenvalue weighted by Gasteiger charge is -2.26. The molecule has 0 aliphatic rings. The van der Waals surface area contributed by atoms with Gasteiger partial charge in [0.15, 0.2) is 0 Å². The van der Waals surface area contributed by atoms with E-state index in [0.29, 0.717) is 29.1 Å². The first-order chi connectivity index (χ1) is 9.31. The number of carbonyl (C=O) groups excluding carboxylic acids is 1. The van der Waals surface area contributed by atoms with Crippen LogP contribution in [0.5, 0.6) is 0 Å². The maximum Gasteiger partial charge on any atom is 0.251 e. The van der Waals surface area contributed by atoms with Gasteiger partial charge in [0, 0.05) is 22.6 Å². The number of rotatable bonds is 6. The van der Waals surface area contributed by atoms with Crippen molar-refractivity contribution in [3.05, 3.63) is 33.3 Å². The number of nitrogens with one attached hydrogen (secondary N) is 1. The lowest BCUT2D eigenvalue weighted by molar-refractivity contribution is 0.0938. The van der Waals surface area contributed by atoms with Gasteiger partial charge in [-0.2, -0.15) is 0 Å². The van der Waals surface area contributed by atoms with Gasteiger partial charge in [-0.3, -0.25) is 4.79 Å². The van der Waals surface area contributed by atoms with Gasteiger partial charge in [-0.05, 0) is 60.6 Å². The number of carbonyl (C=O) groups is 1. The number of hydrogen-bond donors (Lipinski definition) is 1. The summed E-state index contributed by atoms with van der Waals surface area (Å²) in [6, 6.07) is 5.56. The second kappa shape index (κ2) is 8.01. The third kappa shape index (κ3) is 5.43. The molecular formula is C15H22BrClN2O. The highest BCUT2D eigenvalue weighted by atomic mass is 79.9. The summed E-state index contributed by atoms with van der Waals surface area (Å²) in [6.07, 6.45) is 1.05.